The van der Waals surface area contributed by atoms with Crippen LogP contribution in [0, 0.1) is 11.7 Å². The van der Waals surface area contributed by atoms with Crippen LogP contribution in [0.2, 0.25) is 5.02 Å². The van der Waals surface area contributed by atoms with E-state index in [1.165, 1.54) is 16.4 Å². The molecule has 1 aliphatic rings. The molecule has 0 saturated carbocycles. The van der Waals surface area contributed by atoms with E-state index in [1.54, 1.807) is 11.0 Å². The van der Waals surface area contributed by atoms with Gasteiger partial charge in [-0.3, -0.25) is 4.79 Å². The number of carbonyl (C=O) groups excluding carboxylic acids is 1. The Balaban J connectivity index is 1.63. The SMILES string of the molecule is CCN(Cc1cccc(Cl)c1)C(=O)C1CCN(S(=O)(=O)c2ccc(F)cc2)CC1. The number of hydrogen-bond acceptors (Lipinski definition) is 3. The fourth-order valence-electron chi connectivity index (χ4n) is 3.56. The summed E-state index contributed by atoms with van der Waals surface area (Å²) in [6, 6.07) is 12.2. The van der Waals surface area contributed by atoms with Gasteiger partial charge in [0.15, 0.2) is 0 Å². The Bertz CT molecular complexity index is 958. The predicted molar refractivity (Wildman–Crippen MR) is 110 cm³/mol. The molecule has 1 amide bonds. The van der Waals surface area contributed by atoms with Crippen LogP contribution in [0.15, 0.2) is 53.4 Å². The molecule has 8 heteroatoms. The van der Waals surface area contributed by atoms with Gasteiger partial charge in [-0.2, -0.15) is 4.31 Å². The van der Waals surface area contributed by atoms with Crippen molar-refractivity contribution in [3.8, 4) is 0 Å². The van der Waals surface area contributed by atoms with Gasteiger partial charge in [-0.25, -0.2) is 12.8 Å². The third kappa shape index (κ3) is 5.15. The fraction of sp³-hybridized carbons (Fsp3) is 0.381. The van der Waals surface area contributed by atoms with Crippen molar-refractivity contribution in [1.82, 2.24) is 9.21 Å². The van der Waals surface area contributed by atoms with Gasteiger partial charge in [0.2, 0.25) is 15.9 Å². The first-order valence-electron chi connectivity index (χ1n) is 9.60. The minimum absolute atomic E-state index is 0.0336. The lowest BCUT2D eigenvalue weighted by Crippen LogP contribution is -2.44. The van der Waals surface area contributed by atoms with E-state index < -0.39 is 15.8 Å². The van der Waals surface area contributed by atoms with Gasteiger partial charge in [0.05, 0.1) is 4.90 Å². The predicted octanol–water partition coefficient (Wildman–Crippen LogP) is 3.93. The second kappa shape index (κ2) is 9.24. The van der Waals surface area contributed by atoms with Gasteiger partial charge in [0.1, 0.15) is 5.82 Å². The maximum atomic E-state index is 13.1. The third-order valence-corrected chi connectivity index (χ3v) is 7.36. The van der Waals surface area contributed by atoms with Crippen LogP contribution in [0.5, 0.6) is 0 Å². The second-order valence-electron chi connectivity index (χ2n) is 7.11. The van der Waals surface area contributed by atoms with E-state index in [4.69, 9.17) is 11.6 Å². The average molecular weight is 439 g/mol. The quantitative estimate of drug-likeness (QED) is 0.686. The Labute approximate surface area is 176 Å². The van der Waals surface area contributed by atoms with Crippen LogP contribution in [0.1, 0.15) is 25.3 Å². The first kappa shape index (κ1) is 21.7. The standard InChI is InChI=1S/C21H24ClFN2O3S/c1-2-24(15-16-4-3-5-18(22)14-16)21(26)17-10-12-25(13-11-17)29(27,28)20-8-6-19(23)7-9-20/h3-9,14,17H,2,10-13,15H2,1H3. The summed E-state index contributed by atoms with van der Waals surface area (Å²) in [7, 11) is -3.68. The Morgan fingerprint density at radius 3 is 2.41 bits per heavy atom. The molecule has 1 aliphatic heterocycles. The molecule has 0 spiro atoms. The summed E-state index contributed by atoms with van der Waals surface area (Å²) in [5.41, 5.74) is 0.962. The lowest BCUT2D eigenvalue weighted by atomic mass is 9.96. The summed E-state index contributed by atoms with van der Waals surface area (Å²) < 4.78 is 39.9. The van der Waals surface area contributed by atoms with E-state index in [9.17, 15) is 17.6 Å². The Morgan fingerprint density at radius 1 is 1.17 bits per heavy atom. The zero-order valence-corrected chi connectivity index (χ0v) is 17.8. The van der Waals surface area contributed by atoms with Crippen LogP contribution in [0.25, 0.3) is 0 Å². The number of sulfonamides is 1. The highest BCUT2D eigenvalue weighted by molar-refractivity contribution is 7.89. The molecule has 0 atom stereocenters. The Hall–Kier alpha value is -1.96. The highest BCUT2D eigenvalue weighted by atomic mass is 35.5. The van der Waals surface area contributed by atoms with Crippen molar-refractivity contribution < 1.29 is 17.6 Å². The molecule has 0 aromatic heterocycles. The minimum Gasteiger partial charge on any atom is -0.338 e. The highest BCUT2D eigenvalue weighted by Gasteiger charge is 2.33. The minimum atomic E-state index is -3.68. The summed E-state index contributed by atoms with van der Waals surface area (Å²) >= 11 is 6.03. The van der Waals surface area contributed by atoms with Gasteiger partial charge < -0.3 is 4.90 Å². The van der Waals surface area contributed by atoms with Crippen molar-refractivity contribution in [3.05, 3.63) is 64.9 Å². The summed E-state index contributed by atoms with van der Waals surface area (Å²) in [5, 5.41) is 0.630. The molecule has 2 aromatic rings. The molecule has 0 radical (unpaired) electrons. The lowest BCUT2D eigenvalue weighted by molar-refractivity contribution is -0.137. The van der Waals surface area contributed by atoms with Gasteiger partial charge in [0, 0.05) is 37.1 Å². The van der Waals surface area contributed by atoms with Crippen molar-refractivity contribution in [3.63, 3.8) is 0 Å². The normalized spacial score (nSPS) is 16.0. The van der Waals surface area contributed by atoms with Crippen LogP contribution >= 0.6 is 11.6 Å². The first-order valence-corrected chi connectivity index (χ1v) is 11.4. The van der Waals surface area contributed by atoms with Gasteiger partial charge in [-0.05, 0) is 61.7 Å². The molecule has 29 heavy (non-hydrogen) atoms. The number of carbonyl (C=O) groups is 1. The van der Waals surface area contributed by atoms with Gasteiger partial charge in [-0.1, -0.05) is 23.7 Å². The van der Waals surface area contributed by atoms with E-state index in [2.05, 4.69) is 0 Å². The van der Waals surface area contributed by atoms with Crippen molar-refractivity contribution in [2.75, 3.05) is 19.6 Å². The molecular formula is C21H24ClFN2O3S. The van der Waals surface area contributed by atoms with E-state index in [0.717, 1.165) is 17.7 Å². The molecular weight excluding hydrogens is 415 g/mol. The molecule has 0 N–H and O–H groups in total. The van der Waals surface area contributed by atoms with E-state index in [-0.39, 0.29) is 29.8 Å². The fourth-order valence-corrected chi connectivity index (χ4v) is 5.24. The summed E-state index contributed by atoms with van der Waals surface area (Å²) in [6.07, 6.45) is 0.927. The van der Waals surface area contributed by atoms with Crippen molar-refractivity contribution in [1.29, 1.82) is 0 Å². The largest absolute Gasteiger partial charge is 0.338 e. The van der Waals surface area contributed by atoms with Crippen LogP contribution in [0.3, 0.4) is 0 Å². The number of piperidine rings is 1. The number of nitrogens with zero attached hydrogens (tertiary/aromatic N) is 2. The molecule has 0 aliphatic carbocycles. The zero-order chi connectivity index (χ0) is 21.0. The van der Waals surface area contributed by atoms with Crippen molar-refractivity contribution >= 4 is 27.5 Å². The maximum Gasteiger partial charge on any atom is 0.243 e. The molecule has 0 bridgehead atoms. The highest BCUT2D eigenvalue weighted by Crippen LogP contribution is 2.26. The average Bonchev–Trinajstić information content (AvgIpc) is 2.72. The molecule has 0 unspecified atom stereocenters. The van der Waals surface area contributed by atoms with Crippen LogP contribution in [0.4, 0.5) is 4.39 Å². The summed E-state index contributed by atoms with van der Waals surface area (Å²) in [6.45, 7) is 3.51. The van der Waals surface area contributed by atoms with Crippen LogP contribution in [-0.2, 0) is 21.4 Å². The van der Waals surface area contributed by atoms with Gasteiger partial charge in [0.25, 0.3) is 0 Å². The van der Waals surface area contributed by atoms with Crippen LogP contribution < -0.4 is 0 Å². The molecule has 156 valence electrons. The van der Waals surface area contributed by atoms with Gasteiger partial charge in [-0.15, -0.1) is 0 Å². The Morgan fingerprint density at radius 2 is 1.83 bits per heavy atom. The van der Waals surface area contributed by atoms with E-state index >= 15 is 0 Å². The van der Waals surface area contributed by atoms with Crippen molar-refractivity contribution in [2.45, 2.75) is 31.2 Å². The monoisotopic (exact) mass is 438 g/mol. The summed E-state index contributed by atoms with van der Waals surface area (Å²) in [5.74, 6) is -0.660. The molecule has 3 rings (SSSR count). The first-order chi connectivity index (χ1) is 13.8. The summed E-state index contributed by atoms with van der Waals surface area (Å²) in [4.78, 5) is 14.8. The maximum absolute atomic E-state index is 13.1. The van der Waals surface area contributed by atoms with Crippen molar-refractivity contribution in [2.24, 2.45) is 5.92 Å². The topological polar surface area (TPSA) is 57.7 Å². The number of hydrogen-bond donors (Lipinski definition) is 0. The van der Waals surface area contributed by atoms with Gasteiger partial charge >= 0.3 is 0 Å². The molecule has 2 aromatic carbocycles. The number of benzene rings is 2. The smallest absolute Gasteiger partial charge is 0.243 e. The number of halogens is 2. The number of amides is 1. The van der Waals surface area contributed by atoms with E-state index in [1.807, 2.05) is 25.1 Å². The second-order valence-corrected chi connectivity index (χ2v) is 9.49. The zero-order valence-electron chi connectivity index (χ0n) is 16.2. The molecule has 1 saturated heterocycles. The third-order valence-electron chi connectivity index (χ3n) is 5.21. The van der Waals surface area contributed by atoms with E-state index in [0.29, 0.717) is 31.0 Å². The lowest BCUT2D eigenvalue weighted by Gasteiger charge is -2.33. The molecule has 1 fully saturated rings. The molecule has 1 heterocycles. The number of rotatable bonds is 6. The van der Waals surface area contributed by atoms with Crippen LogP contribution in [-0.4, -0.2) is 43.2 Å². The molecule has 5 nitrogen and oxygen atoms in total. The Kier molecular flexibility index (Phi) is 6.93.